The first-order valence-corrected chi connectivity index (χ1v) is 5.50. The average Bonchev–Trinajstić information content (AvgIpc) is 2.74. The predicted octanol–water partition coefficient (Wildman–Crippen LogP) is 3.41. The van der Waals surface area contributed by atoms with Gasteiger partial charge in [-0.2, -0.15) is 13.2 Å². The molecule has 0 saturated carbocycles. The van der Waals surface area contributed by atoms with Crippen LogP contribution in [-0.4, -0.2) is 14.3 Å². The van der Waals surface area contributed by atoms with Crippen molar-refractivity contribution in [3.63, 3.8) is 0 Å². The quantitative estimate of drug-likeness (QED) is 0.507. The molecule has 8 heteroatoms. The lowest BCUT2D eigenvalue weighted by molar-refractivity contribution is -0.383. The van der Waals surface area contributed by atoms with E-state index in [2.05, 4.69) is 4.98 Å². The first-order chi connectivity index (χ1) is 9.38. The van der Waals surface area contributed by atoms with Gasteiger partial charge in [0, 0.05) is 12.3 Å². The Morgan fingerprint density at radius 2 is 2.00 bits per heavy atom. The van der Waals surface area contributed by atoms with Crippen LogP contribution in [0.15, 0.2) is 36.5 Å². The van der Waals surface area contributed by atoms with Crippen LogP contribution in [0.5, 0.6) is 0 Å². The van der Waals surface area contributed by atoms with Crippen molar-refractivity contribution in [1.82, 2.24) is 9.38 Å². The van der Waals surface area contributed by atoms with E-state index in [1.807, 2.05) is 0 Å². The number of rotatable bonds is 1. The Morgan fingerprint density at radius 1 is 1.25 bits per heavy atom. The molecule has 2 aromatic heterocycles. The minimum Gasteiger partial charge on any atom is -0.294 e. The minimum absolute atomic E-state index is 0.0543. The molecule has 3 aromatic rings. The van der Waals surface area contributed by atoms with Crippen LogP contribution < -0.4 is 0 Å². The Balaban J connectivity index is 2.48. The molecule has 0 radical (unpaired) electrons. The number of alkyl halides is 3. The van der Waals surface area contributed by atoms with Crippen molar-refractivity contribution in [2.24, 2.45) is 0 Å². The number of nitro benzene ring substituents is 1. The van der Waals surface area contributed by atoms with Gasteiger partial charge in [-0.05, 0) is 18.2 Å². The number of hydrogen-bond donors (Lipinski definition) is 0. The third-order valence-corrected chi connectivity index (χ3v) is 2.91. The van der Waals surface area contributed by atoms with Crippen LogP contribution in [0.3, 0.4) is 0 Å². The highest BCUT2D eigenvalue weighted by molar-refractivity contribution is 5.89. The van der Waals surface area contributed by atoms with Gasteiger partial charge in [-0.25, -0.2) is 4.98 Å². The predicted molar refractivity (Wildman–Crippen MR) is 64.4 cm³/mol. The van der Waals surface area contributed by atoms with Crippen molar-refractivity contribution in [2.45, 2.75) is 6.18 Å². The number of nitrogens with zero attached hydrogens (tertiary/aromatic N) is 3. The summed E-state index contributed by atoms with van der Waals surface area (Å²) in [5.41, 5.74) is -1.35. The van der Waals surface area contributed by atoms with E-state index in [1.165, 1.54) is 10.6 Å². The summed E-state index contributed by atoms with van der Waals surface area (Å²) in [4.78, 5) is 14.2. The number of nitro groups is 1. The molecule has 0 fully saturated rings. The average molecular weight is 281 g/mol. The number of fused-ring (bicyclic) bond motifs is 3. The SMILES string of the molecule is O=[N+]([O-])c1cc(C(F)(F)F)cc2nc3ccccn3c12. The molecule has 5 nitrogen and oxygen atoms in total. The van der Waals surface area contributed by atoms with Gasteiger partial charge < -0.3 is 0 Å². The molecule has 2 heterocycles. The van der Waals surface area contributed by atoms with Gasteiger partial charge in [-0.1, -0.05) is 6.07 Å². The van der Waals surface area contributed by atoms with Gasteiger partial charge in [0.25, 0.3) is 5.69 Å². The Bertz CT molecular complexity index is 839. The summed E-state index contributed by atoms with van der Waals surface area (Å²) >= 11 is 0. The monoisotopic (exact) mass is 281 g/mol. The van der Waals surface area contributed by atoms with Gasteiger partial charge in [0.2, 0.25) is 0 Å². The van der Waals surface area contributed by atoms with Crippen molar-refractivity contribution in [1.29, 1.82) is 0 Å². The molecule has 3 rings (SSSR count). The van der Waals surface area contributed by atoms with E-state index in [0.717, 1.165) is 6.07 Å². The number of non-ortho nitro benzene ring substituents is 1. The van der Waals surface area contributed by atoms with E-state index < -0.39 is 22.4 Å². The van der Waals surface area contributed by atoms with Crippen molar-refractivity contribution in [3.05, 3.63) is 52.2 Å². The molecule has 0 N–H and O–H groups in total. The molecular formula is C12H6F3N3O2. The number of pyridine rings is 1. The summed E-state index contributed by atoms with van der Waals surface area (Å²) in [5, 5.41) is 11.0. The van der Waals surface area contributed by atoms with Gasteiger partial charge in [-0.15, -0.1) is 0 Å². The van der Waals surface area contributed by atoms with Crippen LogP contribution in [0.4, 0.5) is 18.9 Å². The van der Waals surface area contributed by atoms with Crippen LogP contribution in [-0.2, 0) is 6.18 Å². The molecule has 0 unspecified atom stereocenters. The highest BCUT2D eigenvalue weighted by atomic mass is 19.4. The van der Waals surface area contributed by atoms with Crippen molar-refractivity contribution >= 4 is 22.4 Å². The number of aromatic nitrogens is 2. The third kappa shape index (κ3) is 1.77. The zero-order chi connectivity index (χ0) is 14.5. The summed E-state index contributed by atoms with van der Waals surface area (Å²) in [6, 6.07) is 6.18. The van der Waals surface area contributed by atoms with Crippen molar-refractivity contribution in [3.8, 4) is 0 Å². The fraction of sp³-hybridized carbons (Fsp3) is 0.0833. The summed E-state index contributed by atoms with van der Waals surface area (Å²) in [6.45, 7) is 0. The summed E-state index contributed by atoms with van der Waals surface area (Å²) in [5.74, 6) is 0. The Morgan fingerprint density at radius 3 is 2.65 bits per heavy atom. The number of imidazole rings is 1. The normalized spacial score (nSPS) is 12.2. The molecule has 20 heavy (non-hydrogen) atoms. The van der Waals surface area contributed by atoms with E-state index in [9.17, 15) is 23.3 Å². The summed E-state index contributed by atoms with van der Waals surface area (Å²) < 4.78 is 39.7. The Hall–Kier alpha value is -2.64. The molecule has 0 bridgehead atoms. The van der Waals surface area contributed by atoms with Gasteiger partial charge in [0.15, 0.2) is 5.52 Å². The van der Waals surface area contributed by atoms with Crippen LogP contribution in [0.25, 0.3) is 16.7 Å². The maximum atomic E-state index is 12.8. The third-order valence-electron chi connectivity index (χ3n) is 2.91. The smallest absolute Gasteiger partial charge is 0.294 e. The summed E-state index contributed by atoms with van der Waals surface area (Å²) in [7, 11) is 0. The topological polar surface area (TPSA) is 60.4 Å². The summed E-state index contributed by atoms with van der Waals surface area (Å²) in [6.07, 6.45) is -3.14. The largest absolute Gasteiger partial charge is 0.416 e. The molecule has 102 valence electrons. The second-order valence-corrected chi connectivity index (χ2v) is 4.16. The fourth-order valence-corrected chi connectivity index (χ4v) is 2.08. The fourth-order valence-electron chi connectivity index (χ4n) is 2.08. The highest BCUT2D eigenvalue weighted by Crippen LogP contribution is 2.36. The second kappa shape index (κ2) is 3.92. The van der Waals surface area contributed by atoms with Crippen LogP contribution in [0.2, 0.25) is 0 Å². The Kier molecular flexibility index (Phi) is 2.43. The van der Waals surface area contributed by atoms with Crippen LogP contribution in [0, 0.1) is 10.1 Å². The molecule has 0 aliphatic heterocycles. The lowest BCUT2D eigenvalue weighted by Crippen LogP contribution is -2.06. The number of benzene rings is 1. The van der Waals surface area contributed by atoms with Crippen LogP contribution in [0.1, 0.15) is 5.56 Å². The lowest BCUT2D eigenvalue weighted by Gasteiger charge is -2.06. The maximum absolute atomic E-state index is 12.8. The van der Waals surface area contributed by atoms with E-state index >= 15 is 0 Å². The maximum Gasteiger partial charge on any atom is 0.416 e. The van der Waals surface area contributed by atoms with Gasteiger partial charge >= 0.3 is 6.18 Å². The number of halogens is 3. The zero-order valence-electron chi connectivity index (χ0n) is 9.76. The molecule has 1 aromatic carbocycles. The zero-order valence-corrected chi connectivity index (χ0v) is 9.76. The van der Waals surface area contributed by atoms with Crippen molar-refractivity contribution < 1.29 is 18.1 Å². The highest BCUT2D eigenvalue weighted by Gasteiger charge is 2.34. The van der Waals surface area contributed by atoms with E-state index in [1.54, 1.807) is 18.2 Å². The van der Waals surface area contributed by atoms with Crippen molar-refractivity contribution in [2.75, 3.05) is 0 Å². The first-order valence-electron chi connectivity index (χ1n) is 5.50. The molecule has 0 saturated heterocycles. The molecule has 0 amide bonds. The van der Waals surface area contributed by atoms with E-state index in [-0.39, 0.29) is 11.0 Å². The standard InChI is InChI=1S/C12H6F3N3O2/c13-12(14,15)7-5-8-11(9(6-7)18(19)20)17-4-2-1-3-10(17)16-8/h1-6H. The lowest BCUT2D eigenvalue weighted by atomic mass is 10.1. The van der Waals surface area contributed by atoms with E-state index in [0.29, 0.717) is 11.7 Å². The van der Waals surface area contributed by atoms with E-state index in [4.69, 9.17) is 0 Å². The number of hydrogen-bond acceptors (Lipinski definition) is 3. The molecule has 0 spiro atoms. The first kappa shape index (κ1) is 12.4. The molecular weight excluding hydrogens is 275 g/mol. The molecule has 0 aliphatic carbocycles. The van der Waals surface area contributed by atoms with Gasteiger partial charge in [0.05, 0.1) is 16.0 Å². The van der Waals surface area contributed by atoms with Gasteiger partial charge in [-0.3, -0.25) is 14.5 Å². The van der Waals surface area contributed by atoms with Gasteiger partial charge in [0.1, 0.15) is 5.65 Å². The molecule has 0 atom stereocenters. The minimum atomic E-state index is -4.66. The molecule has 0 aliphatic rings. The second-order valence-electron chi connectivity index (χ2n) is 4.16. The Labute approximate surface area is 109 Å². The van der Waals surface area contributed by atoms with Crippen LogP contribution >= 0.6 is 0 Å².